The molecule has 10 nitrogen and oxygen atoms in total. The highest BCUT2D eigenvalue weighted by Gasteiger charge is 2.59. The molecule has 7 rings (SSSR count). The molecule has 0 amide bonds. The van der Waals surface area contributed by atoms with Crippen LogP contribution in [0.4, 0.5) is 30.8 Å². The number of aromatic nitrogens is 4. The number of carbonyl (C=O) groups is 1. The van der Waals surface area contributed by atoms with E-state index in [1.807, 2.05) is 13.0 Å². The minimum atomic E-state index is -4.99. The second-order valence-corrected chi connectivity index (χ2v) is 11.5. The van der Waals surface area contributed by atoms with Gasteiger partial charge in [-0.1, -0.05) is 0 Å². The molecule has 3 unspecified atom stereocenters. The molecule has 3 N–H and O–H groups in total. The van der Waals surface area contributed by atoms with Gasteiger partial charge in [-0.05, 0) is 76.0 Å². The molecule has 3 atom stereocenters. The van der Waals surface area contributed by atoms with Crippen LogP contribution in [0.5, 0.6) is 5.88 Å². The van der Waals surface area contributed by atoms with Crippen molar-refractivity contribution in [3.63, 3.8) is 0 Å². The van der Waals surface area contributed by atoms with E-state index >= 15 is 0 Å². The lowest BCUT2D eigenvalue weighted by Gasteiger charge is -2.59. The molecule has 1 saturated heterocycles. The molecule has 0 radical (unpaired) electrons. The smallest absolute Gasteiger partial charge is 0.472 e. The summed E-state index contributed by atoms with van der Waals surface area (Å²) in [5, 5.41) is 13.8. The van der Waals surface area contributed by atoms with Gasteiger partial charge in [-0.25, -0.2) is 4.79 Å². The van der Waals surface area contributed by atoms with Gasteiger partial charge in [0.25, 0.3) is 0 Å². The van der Waals surface area contributed by atoms with E-state index in [0.29, 0.717) is 55.9 Å². The first-order valence-electron chi connectivity index (χ1n) is 13.6. The Balaban J connectivity index is 1.22. The predicted molar refractivity (Wildman–Crippen MR) is 134 cm³/mol. The summed E-state index contributed by atoms with van der Waals surface area (Å²) in [6.45, 7) is 3.10. The third-order valence-electron chi connectivity index (χ3n) is 8.37. The van der Waals surface area contributed by atoms with Crippen LogP contribution in [0, 0.1) is 24.7 Å². The predicted octanol–water partition coefficient (Wildman–Crippen LogP) is 4.66. The van der Waals surface area contributed by atoms with Gasteiger partial charge in [0.05, 0.1) is 6.61 Å². The van der Waals surface area contributed by atoms with E-state index in [1.54, 1.807) is 6.07 Å². The van der Waals surface area contributed by atoms with Crippen LogP contribution in [0.3, 0.4) is 0 Å². The lowest BCUT2D eigenvalue weighted by atomic mass is 9.52. The molecule has 39 heavy (non-hydrogen) atoms. The zero-order valence-electron chi connectivity index (χ0n) is 21.7. The topological polar surface area (TPSA) is 123 Å². The standard InChI is InChI=1S/C26H33F3N6O4/c1-14-6-20(35-34-14)30-19-9-21(38-18-4-2-3-5-37-13-18)32-24(31-19)33-22-16-7-15-8-17(22)12-25(10-15,11-16)39-23(36)26(27,28)29/h6,9,15-18,22H,2-5,7-8,10-13H2,1H3,(H3,30,31,32,33,34,35). The number of nitrogens with zero attached hydrogens (tertiary/aromatic N) is 3. The molecule has 212 valence electrons. The molecular weight excluding hydrogens is 517 g/mol. The fourth-order valence-corrected chi connectivity index (χ4v) is 7.08. The highest BCUT2D eigenvalue weighted by molar-refractivity contribution is 5.76. The Morgan fingerprint density at radius 1 is 1.13 bits per heavy atom. The number of nitrogens with one attached hydrogen (secondary N) is 3. The first kappa shape index (κ1) is 26.1. The maximum atomic E-state index is 13.0. The first-order valence-corrected chi connectivity index (χ1v) is 13.6. The van der Waals surface area contributed by atoms with Crippen molar-refractivity contribution in [2.75, 3.05) is 23.8 Å². The van der Waals surface area contributed by atoms with E-state index in [4.69, 9.17) is 14.2 Å². The van der Waals surface area contributed by atoms with Crippen LogP contribution in [0.25, 0.3) is 0 Å². The average molecular weight is 551 g/mol. The Hall–Kier alpha value is -3.09. The van der Waals surface area contributed by atoms with Crippen molar-refractivity contribution in [1.29, 1.82) is 0 Å². The van der Waals surface area contributed by atoms with Crippen molar-refractivity contribution in [2.45, 2.75) is 82.2 Å². The van der Waals surface area contributed by atoms with E-state index in [-0.39, 0.29) is 29.9 Å². The molecule has 3 heterocycles. The minimum Gasteiger partial charge on any atom is -0.472 e. The number of hydrogen-bond donors (Lipinski definition) is 3. The van der Waals surface area contributed by atoms with E-state index < -0.39 is 17.7 Å². The highest BCUT2D eigenvalue weighted by atomic mass is 19.4. The second kappa shape index (κ2) is 10.1. The van der Waals surface area contributed by atoms with Gasteiger partial charge in [0.15, 0.2) is 5.82 Å². The number of aromatic amines is 1. The molecule has 0 aromatic carbocycles. The number of esters is 1. The van der Waals surface area contributed by atoms with Crippen molar-refractivity contribution in [2.24, 2.45) is 17.8 Å². The van der Waals surface area contributed by atoms with Gasteiger partial charge in [-0.15, -0.1) is 0 Å². The van der Waals surface area contributed by atoms with Gasteiger partial charge < -0.3 is 24.8 Å². The second-order valence-electron chi connectivity index (χ2n) is 11.5. The van der Waals surface area contributed by atoms with Gasteiger partial charge in [-0.2, -0.15) is 28.2 Å². The molecule has 5 fully saturated rings. The number of halogens is 3. The van der Waals surface area contributed by atoms with Crippen LogP contribution in [0.15, 0.2) is 12.1 Å². The molecule has 5 aliphatic rings. The van der Waals surface area contributed by atoms with Gasteiger partial charge in [0.1, 0.15) is 17.5 Å². The van der Waals surface area contributed by atoms with Gasteiger partial charge in [0.2, 0.25) is 11.8 Å². The van der Waals surface area contributed by atoms with Gasteiger partial charge >= 0.3 is 12.1 Å². The fourth-order valence-electron chi connectivity index (χ4n) is 7.08. The first-order chi connectivity index (χ1) is 18.6. The average Bonchev–Trinajstić information content (AvgIpc) is 3.09. The molecule has 4 bridgehead atoms. The molecule has 13 heteroatoms. The lowest BCUT2D eigenvalue weighted by Crippen LogP contribution is -2.61. The van der Waals surface area contributed by atoms with Crippen molar-refractivity contribution in [3.8, 4) is 5.88 Å². The summed E-state index contributed by atoms with van der Waals surface area (Å²) >= 11 is 0. The maximum absolute atomic E-state index is 13.0. The SMILES string of the molecule is Cc1cc(Nc2cc(OC3CCCCOC3)nc(NC3C4CC5CC3CC(OC(=O)C(F)(F)F)(C5)C4)n2)n[nH]1. The van der Waals surface area contributed by atoms with Crippen molar-refractivity contribution < 1.29 is 32.2 Å². The number of alkyl halides is 3. The molecular formula is C26H33F3N6O4. The van der Waals surface area contributed by atoms with Crippen LogP contribution >= 0.6 is 0 Å². The summed E-state index contributed by atoms with van der Waals surface area (Å²) < 4.78 is 56.0. The number of carbonyl (C=O) groups excluding carboxylic acids is 1. The monoisotopic (exact) mass is 550 g/mol. The summed E-state index contributed by atoms with van der Waals surface area (Å²) in [5.74, 6) is 0.123. The third-order valence-corrected chi connectivity index (χ3v) is 8.37. The number of ether oxygens (including phenoxy) is 3. The number of aryl methyl sites for hydroxylation is 1. The Bertz CT molecular complexity index is 1180. The van der Waals surface area contributed by atoms with Crippen molar-refractivity contribution in [3.05, 3.63) is 17.8 Å². The number of hydrogen-bond acceptors (Lipinski definition) is 9. The summed E-state index contributed by atoms with van der Waals surface area (Å²) in [4.78, 5) is 21.0. The van der Waals surface area contributed by atoms with E-state index in [2.05, 4.69) is 30.8 Å². The fraction of sp³-hybridized carbons (Fsp3) is 0.692. The van der Waals surface area contributed by atoms with E-state index in [1.165, 1.54) is 0 Å². The maximum Gasteiger partial charge on any atom is 0.490 e. The molecule has 2 aromatic heterocycles. The van der Waals surface area contributed by atoms with Crippen LogP contribution in [-0.2, 0) is 14.3 Å². The van der Waals surface area contributed by atoms with Crippen LogP contribution in [0.2, 0.25) is 0 Å². The van der Waals surface area contributed by atoms with Gasteiger partial charge in [-0.3, -0.25) is 5.10 Å². The van der Waals surface area contributed by atoms with Crippen LogP contribution < -0.4 is 15.4 Å². The third kappa shape index (κ3) is 5.78. The molecule has 2 aromatic rings. The molecule has 1 aliphatic heterocycles. The van der Waals surface area contributed by atoms with Crippen molar-refractivity contribution in [1.82, 2.24) is 20.2 Å². The Kier molecular flexibility index (Phi) is 6.80. The summed E-state index contributed by atoms with van der Waals surface area (Å²) in [7, 11) is 0. The van der Waals surface area contributed by atoms with Gasteiger partial charge in [0, 0.05) is 30.5 Å². The number of anilines is 3. The van der Waals surface area contributed by atoms with Crippen LogP contribution in [0.1, 0.15) is 57.1 Å². The van der Waals surface area contributed by atoms with Crippen LogP contribution in [-0.4, -0.2) is 63.3 Å². The summed E-state index contributed by atoms with van der Waals surface area (Å²) in [6.07, 6.45) is 0.766. The normalized spacial score (nSPS) is 31.9. The minimum absolute atomic E-state index is 0.0452. The molecule has 4 saturated carbocycles. The zero-order chi connectivity index (χ0) is 27.2. The molecule has 4 aliphatic carbocycles. The lowest BCUT2D eigenvalue weighted by molar-refractivity contribution is -0.231. The Morgan fingerprint density at radius 3 is 2.64 bits per heavy atom. The van der Waals surface area contributed by atoms with E-state index in [0.717, 1.165) is 37.8 Å². The van der Waals surface area contributed by atoms with E-state index in [9.17, 15) is 18.0 Å². The number of H-pyrrole nitrogens is 1. The highest BCUT2D eigenvalue weighted by Crippen LogP contribution is 2.58. The zero-order valence-corrected chi connectivity index (χ0v) is 21.7. The Labute approximate surface area is 223 Å². The molecule has 0 spiro atoms. The quantitative estimate of drug-likeness (QED) is 0.422. The number of rotatable bonds is 7. The largest absolute Gasteiger partial charge is 0.490 e. The Morgan fingerprint density at radius 2 is 1.92 bits per heavy atom. The van der Waals surface area contributed by atoms with Crippen molar-refractivity contribution >= 4 is 23.6 Å². The summed E-state index contributed by atoms with van der Waals surface area (Å²) in [6, 6.07) is 3.54. The summed E-state index contributed by atoms with van der Waals surface area (Å²) in [5.41, 5.74) is -0.150.